The lowest BCUT2D eigenvalue weighted by Gasteiger charge is -1.69. The Kier molecular flexibility index (Phi) is 20.7. The Labute approximate surface area is 109 Å². The predicted octanol–water partition coefficient (Wildman–Crippen LogP) is 2.77. The number of rotatable bonds is 0. The highest BCUT2D eigenvalue weighted by Crippen LogP contribution is 1.80. The van der Waals surface area contributed by atoms with Crippen molar-refractivity contribution in [3.63, 3.8) is 0 Å². The van der Waals surface area contributed by atoms with E-state index in [0.717, 1.165) is 0 Å². The highest BCUT2D eigenvalue weighted by molar-refractivity contribution is 5.85. The Morgan fingerprint density at radius 1 is 0.267 bits per heavy atom. The Balaban J connectivity index is -0.000000160. The highest BCUT2D eigenvalue weighted by Gasteiger charge is 1.58. The van der Waals surface area contributed by atoms with Gasteiger partial charge in [-0.1, -0.05) is 72.8 Å². The Morgan fingerprint density at radius 3 is 0.400 bits per heavy atom. The second kappa shape index (κ2) is 15.7. The molecule has 0 radical (unpaired) electrons. The van der Waals surface area contributed by atoms with Crippen LogP contribution in [-0.2, 0) is 0 Å². The minimum absolute atomic E-state index is 0. The molecular formula is C12H18Cl2Si. The van der Waals surface area contributed by atoms with Crippen LogP contribution in [0.25, 0.3) is 0 Å². The Hall–Kier alpha value is -0.763. The van der Waals surface area contributed by atoms with Gasteiger partial charge in [0.05, 0.1) is 0 Å². The summed E-state index contributed by atoms with van der Waals surface area (Å²) in [6.45, 7) is 0. The van der Waals surface area contributed by atoms with E-state index in [1.54, 1.807) is 0 Å². The molecule has 0 spiro atoms. The van der Waals surface area contributed by atoms with E-state index in [4.69, 9.17) is 0 Å². The van der Waals surface area contributed by atoms with Crippen molar-refractivity contribution in [3.05, 3.63) is 72.8 Å². The van der Waals surface area contributed by atoms with Gasteiger partial charge in [0.25, 0.3) is 0 Å². The van der Waals surface area contributed by atoms with Crippen LogP contribution < -0.4 is 0 Å². The molecule has 0 amide bonds. The van der Waals surface area contributed by atoms with Gasteiger partial charge in [0, 0.05) is 0 Å². The third-order valence-electron chi connectivity index (χ3n) is 1.33. The first kappa shape index (κ1) is 19.8. The van der Waals surface area contributed by atoms with Gasteiger partial charge in [0.15, 0.2) is 0 Å². The molecule has 0 atom stereocenters. The van der Waals surface area contributed by atoms with Gasteiger partial charge in [-0.15, -0.1) is 24.8 Å². The first-order valence-electron chi connectivity index (χ1n) is 4.00. The number of halogens is 2. The van der Waals surface area contributed by atoms with Crippen LogP contribution in [0.5, 0.6) is 0 Å². The molecule has 2 aromatic carbocycles. The SMILES string of the molecule is Cl.Cl.[SiH4].c1ccccc1.c1ccccc1. The van der Waals surface area contributed by atoms with Crippen molar-refractivity contribution in [2.24, 2.45) is 0 Å². The molecule has 2 aromatic rings. The van der Waals surface area contributed by atoms with Gasteiger partial charge in [-0.25, -0.2) is 0 Å². The van der Waals surface area contributed by atoms with Crippen molar-refractivity contribution in [1.82, 2.24) is 0 Å². The number of hydrogen-bond donors (Lipinski definition) is 0. The van der Waals surface area contributed by atoms with Crippen LogP contribution in [0.4, 0.5) is 0 Å². The molecule has 0 aliphatic heterocycles. The highest BCUT2D eigenvalue weighted by atomic mass is 35.5. The average molecular weight is 261 g/mol. The van der Waals surface area contributed by atoms with Gasteiger partial charge in [0.2, 0.25) is 0 Å². The summed E-state index contributed by atoms with van der Waals surface area (Å²) in [5.41, 5.74) is 0. The lowest BCUT2D eigenvalue weighted by atomic mass is 10.4. The van der Waals surface area contributed by atoms with Crippen molar-refractivity contribution in [3.8, 4) is 0 Å². The summed E-state index contributed by atoms with van der Waals surface area (Å²) in [4.78, 5) is 0. The third kappa shape index (κ3) is 13.2. The normalized spacial score (nSPS) is 6.40. The molecule has 15 heavy (non-hydrogen) atoms. The van der Waals surface area contributed by atoms with Gasteiger partial charge in [-0.05, 0) is 11.0 Å². The van der Waals surface area contributed by atoms with Gasteiger partial charge in [-0.3, -0.25) is 0 Å². The third-order valence-corrected chi connectivity index (χ3v) is 1.33. The van der Waals surface area contributed by atoms with Crippen molar-refractivity contribution in [2.45, 2.75) is 0 Å². The minimum Gasteiger partial charge on any atom is -0.147 e. The zero-order valence-corrected chi connectivity index (χ0v) is 9.38. The molecule has 0 fully saturated rings. The van der Waals surface area contributed by atoms with E-state index in [0.29, 0.717) is 0 Å². The molecule has 0 bridgehead atoms. The summed E-state index contributed by atoms with van der Waals surface area (Å²) in [5, 5.41) is 0. The van der Waals surface area contributed by atoms with E-state index in [9.17, 15) is 0 Å². The zero-order valence-electron chi connectivity index (χ0n) is 7.74. The fourth-order valence-electron chi connectivity index (χ4n) is 0.770. The molecule has 0 aliphatic carbocycles. The maximum absolute atomic E-state index is 2.00. The van der Waals surface area contributed by atoms with Crippen LogP contribution in [0, 0.1) is 0 Å². The Bertz CT molecular complexity index is 189. The Morgan fingerprint density at radius 2 is 0.333 bits per heavy atom. The quantitative estimate of drug-likeness (QED) is 0.640. The summed E-state index contributed by atoms with van der Waals surface area (Å²) in [6.07, 6.45) is 0. The summed E-state index contributed by atoms with van der Waals surface area (Å²) in [5.74, 6) is 0. The van der Waals surface area contributed by atoms with Crippen LogP contribution in [0.2, 0.25) is 0 Å². The molecule has 0 unspecified atom stereocenters. The summed E-state index contributed by atoms with van der Waals surface area (Å²) in [7, 11) is 0. The molecule has 0 aliphatic rings. The largest absolute Gasteiger partial charge is 0.147 e. The smallest absolute Gasteiger partial charge is 0.0149 e. The summed E-state index contributed by atoms with van der Waals surface area (Å²) < 4.78 is 0. The molecule has 84 valence electrons. The van der Waals surface area contributed by atoms with Gasteiger partial charge >= 0.3 is 0 Å². The second-order valence-electron chi connectivity index (χ2n) is 2.31. The van der Waals surface area contributed by atoms with Gasteiger partial charge < -0.3 is 0 Å². The van der Waals surface area contributed by atoms with Crippen molar-refractivity contribution in [1.29, 1.82) is 0 Å². The average Bonchev–Trinajstić information content (AvgIpc) is 2.24. The number of hydrogen-bond acceptors (Lipinski definition) is 0. The van der Waals surface area contributed by atoms with E-state index >= 15 is 0 Å². The zero-order chi connectivity index (χ0) is 8.49. The maximum Gasteiger partial charge on any atom is -0.0149 e. The first-order valence-corrected chi connectivity index (χ1v) is 4.00. The van der Waals surface area contributed by atoms with E-state index in [1.807, 2.05) is 72.8 Å². The van der Waals surface area contributed by atoms with Crippen LogP contribution in [0.15, 0.2) is 72.8 Å². The fraction of sp³-hybridized carbons (Fsp3) is 0. The van der Waals surface area contributed by atoms with Crippen molar-refractivity contribution >= 4 is 35.8 Å². The van der Waals surface area contributed by atoms with Gasteiger partial charge in [0.1, 0.15) is 0 Å². The molecule has 0 heterocycles. The molecule has 3 heteroatoms. The first-order chi connectivity index (χ1) is 6.00. The van der Waals surface area contributed by atoms with E-state index in [-0.39, 0.29) is 35.8 Å². The molecule has 0 N–H and O–H groups in total. The molecular weight excluding hydrogens is 243 g/mol. The van der Waals surface area contributed by atoms with E-state index in [2.05, 4.69) is 0 Å². The predicted molar refractivity (Wildman–Crippen MR) is 78.7 cm³/mol. The van der Waals surface area contributed by atoms with Crippen LogP contribution in [0.3, 0.4) is 0 Å². The maximum atomic E-state index is 2.00. The lowest BCUT2D eigenvalue weighted by molar-refractivity contribution is 1.72. The molecule has 0 saturated carbocycles. The van der Waals surface area contributed by atoms with Crippen molar-refractivity contribution in [2.75, 3.05) is 0 Å². The monoisotopic (exact) mass is 260 g/mol. The molecule has 0 nitrogen and oxygen atoms in total. The number of benzene rings is 2. The van der Waals surface area contributed by atoms with Gasteiger partial charge in [-0.2, -0.15) is 0 Å². The topological polar surface area (TPSA) is 0 Å². The van der Waals surface area contributed by atoms with Crippen LogP contribution >= 0.6 is 24.8 Å². The minimum atomic E-state index is 0. The summed E-state index contributed by atoms with van der Waals surface area (Å²) >= 11 is 0. The van der Waals surface area contributed by atoms with E-state index in [1.165, 1.54) is 0 Å². The molecule has 2 rings (SSSR count). The molecule has 0 saturated heterocycles. The second-order valence-corrected chi connectivity index (χ2v) is 2.31. The van der Waals surface area contributed by atoms with Crippen LogP contribution in [0.1, 0.15) is 0 Å². The standard InChI is InChI=1S/2C6H6.2ClH.H4Si/c2*1-2-4-6-5-3-1;;;/h2*1-6H;2*1H;1H4. The lowest BCUT2D eigenvalue weighted by Crippen LogP contribution is -1.47. The summed E-state index contributed by atoms with van der Waals surface area (Å²) in [6, 6.07) is 24.0. The van der Waals surface area contributed by atoms with Crippen LogP contribution in [-0.4, -0.2) is 11.0 Å². The van der Waals surface area contributed by atoms with E-state index < -0.39 is 0 Å². The fourth-order valence-corrected chi connectivity index (χ4v) is 0.770. The van der Waals surface area contributed by atoms with Crippen molar-refractivity contribution < 1.29 is 0 Å². The molecule has 0 aromatic heterocycles.